The molecule has 0 spiro atoms. The van der Waals surface area contributed by atoms with Crippen molar-refractivity contribution in [2.24, 2.45) is 0 Å². The average Bonchev–Trinajstić information content (AvgIpc) is 2.27. The summed E-state index contributed by atoms with van der Waals surface area (Å²) in [5, 5.41) is -2.88. The Kier molecular flexibility index (Phi) is 2.11. The summed E-state index contributed by atoms with van der Waals surface area (Å²) in [6.07, 6.45) is 0.554. The van der Waals surface area contributed by atoms with Crippen LogP contribution in [0.3, 0.4) is 0 Å². The quantitative estimate of drug-likeness (QED) is 0.707. The molecule has 13 heavy (non-hydrogen) atoms. The second-order valence-corrected chi connectivity index (χ2v) is 4.46. The summed E-state index contributed by atoms with van der Waals surface area (Å²) in [7, 11) is -10.6. The molecule has 0 amide bonds. The van der Waals surface area contributed by atoms with E-state index in [1.165, 1.54) is 0 Å². The Balaban J connectivity index is 3.54. The topological polar surface area (TPSA) is 97.0 Å². The van der Waals surface area contributed by atoms with Crippen LogP contribution < -0.4 is 0 Å². The number of rotatable bonds is 2. The maximum atomic E-state index is 12.2. The third kappa shape index (κ3) is 2.01. The Labute approximate surface area is 72.0 Å². The summed E-state index contributed by atoms with van der Waals surface area (Å²) in [5.74, 6) is 0. The largest absolute Gasteiger partial charge is 0.352 e. The smallest absolute Gasteiger partial charge is 0.332 e. The van der Waals surface area contributed by atoms with Gasteiger partial charge in [0, 0.05) is 0 Å². The van der Waals surface area contributed by atoms with E-state index in [0.29, 0.717) is 6.33 Å². The fourth-order valence-corrected chi connectivity index (χ4v) is 2.13. The van der Waals surface area contributed by atoms with Gasteiger partial charge in [0.1, 0.15) is 0 Å². The van der Waals surface area contributed by atoms with E-state index in [2.05, 4.69) is 4.98 Å². The number of imidazole rings is 1. The minimum atomic E-state index is -5.33. The molecular formula is C3H2F2N2O4S2. The number of aromatic nitrogens is 2. The highest BCUT2D eigenvalue weighted by Crippen LogP contribution is 2.19. The van der Waals surface area contributed by atoms with Crippen molar-refractivity contribution < 1.29 is 24.6 Å². The normalized spacial score (nSPS) is 13.1. The molecule has 0 unspecified atom stereocenters. The summed E-state index contributed by atoms with van der Waals surface area (Å²) in [5.41, 5.74) is 0. The molecular weight excluding hydrogens is 230 g/mol. The predicted octanol–water partition coefficient (Wildman–Crippen LogP) is -0.274. The summed E-state index contributed by atoms with van der Waals surface area (Å²) in [6, 6.07) is 0. The first-order valence-electron chi connectivity index (χ1n) is 2.65. The zero-order chi connectivity index (χ0) is 10.3. The van der Waals surface area contributed by atoms with Crippen LogP contribution in [-0.4, -0.2) is 26.8 Å². The Morgan fingerprint density at radius 1 is 1.15 bits per heavy atom. The number of hydrogen-bond acceptors (Lipinski definition) is 5. The fraction of sp³-hybridized carbons (Fsp3) is 0. The van der Waals surface area contributed by atoms with Crippen molar-refractivity contribution in [1.29, 1.82) is 0 Å². The first kappa shape index (κ1) is 10.1. The van der Waals surface area contributed by atoms with Crippen LogP contribution in [0.2, 0.25) is 0 Å². The maximum absolute atomic E-state index is 12.2. The highest BCUT2D eigenvalue weighted by atomic mass is 32.3. The van der Waals surface area contributed by atoms with E-state index < -0.39 is 30.5 Å². The molecule has 1 N–H and O–H groups in total. The van der Waals surface area contributed by atoms with Gasteiger partial charge in [-0.25, -0.2) is 4.98 Å². The second kappa shape index (κ2) is 2.73. The molecule has 0 atom stereocenters. The minimum Gasteiger partial charge on any atom is -0.332 e. The SMILES string of the molecule is O=S(=O)(F)c1nc[nH]c1S(=O)(=O)F. The zero-order valence-corrected chi connectivity index (χ0v) is 7.36. The highest BCUT2D eigenvalue weighted by Gasteiger charge is 2.29. The van der Waals surface area contributed by atoms with E-state index in [9.17, 15) is 24.6 Å². The van der Waals surface area contributed by atoms with Gasteiger partial charge in [-0.15, -0.1) is 0 Å². The van der Waals surface area contributed by atoms with Crippen LogP contribution in [0, 0.1) is 0 Å². The average molecular weight is 232 g/mol. The molecule has 0 aliphatic carbocycles. The Morgan fingerprint density at radius 2 is 1.69 bits per heavy atom. The molecule has 1 heterocycles. The van der Waals surface area contributed by atoms with Crippen LogP contribution in [0.15, 0.2) is 16.4 Å². The number of nitrogens with zero attached hydrogens (tertiary/aromatic N) is 1. The standard InChI is InChI=1S/C3H2F2N2O4S2/c4-12(8,9)2-3(7-1-6-2)13(5,10)11/h1H,(H,6,7). The van der Waals surface area contributed by atoms with Crippen LogP contribution >= 0.6 is 0 Å². The first-order chi connectivity index (χ1) is 5.73. The van der Waals surface area contributed by atoms with Crippen molar-refractivity contribution in [3.63, 3.8) is 0 Å². The molecule has 10 heteroatoms. The molecule has 1 aromatic heterocycles. The van der Waals surface area contributed by atoms with E-state index in [1.807, 2.05) is 0 Å². The molecule has 74 valence electrons. The van der Waals surface area contributed by atoms with E-state index in [0.717, 1.165) is 0 Å². The maximum Gasteiger partial charge on any atom is 0.352 e. The Hall–Kier alpha value is -1.03. The van der Waals surface area contributed by atoms with Gasteiger partial charge in [-0.2, -0.15) is 16.8 Å². The summed E-state index contributed by atoms with van der Waals surface area (Å²) in [6.45, 7) is 0. The highest BCUT2D eigenvalue weighted by molar-refractivity contribution is 7.89. The number of aromatic amines is 1. The third-order valence-electron chi connectivity index (χ3n) is 1.05. The number of hydrogen-bond donors (Lipinski definition) is 1. The van der Waals surface area contributed by atoms with Crippen LogP contribution in [0.4, 0.5) is 7.77 Å². The van der Waals surface area contributed by atoms with Gasteiger partial charge in [0.25, 0.3) is 0 Å². The van der Waals surface area contributed by atoms with Crippen LogP contribution in [0.5, 0.6) is 0 Å². The van der Waals surface area contributed by atoms with Crippen molar-refractivity contribution in [2.45, 2.75) is 10.1 Å². The molecule has 0 aliphatic heterocycles. The molecule has 6 nitrogen and oxygen atoms in total. The Morgan fingerprint density at radius 3 is 2.00 bits per heavy atom. The number of halogens is 2. The fourth-order valence-electron chi connectivity index (χ4n) is 0.618. The zero-order valence-electron chi connectivity index (χ0n) is 5.73. The lowest BCUT2D eigenvalue weighted by atomic mass is 10.9. The predicted molar refractivity (Wildman–Crippen MR) is 35.2 cm³/mol. The van der Waals surface area contributed by atoms with Gasteiger partial charge in [-0.05, 0) is 0 Å². The van der Waals surface area contributed by atoms with E-state index in [-0.39, 0.29) is 0 Å². The molecule has 1 aromatic rings. The lowest BCUT2D eigenvalue weighted by Gasteiger charge is -1.90. The van der Waals surface area contributed by atoms with Gasteiger partial charge in [0.15, 0.2) is 0 Å². The molecule has 0 saturated heterocycles. The first-order valence-corrected chi connectivity index (χ1v) is 5.42. The van der Waals surface area contributed by atoms with Gasteiger partial charge >= 0.3 is 20.4 Å². The van der Waals surface area contributed by atoms with E-state index in [1.54, 1.807) is 4.98 Å². The molecule has 0 fully saturated rings. The lowest BCUT2D eigenvalue weighted by molar-refractivity contribution is 0.529. The van der Waals surface area contributed by atoms with Crippen LogP contribution in [0.1, 0.15) is 0 Å². The lowest BCUT2D eigenvalue weighted by Crippen LogP contribution is -2.01. The third-order valence-corrected chi connectivity index (χ3v) is 2.75. The van der Waals surface area contributed by atoms with Crippen molar-refractivity contribution in [2.75, 3.05) is 0 Å². The van der Waals surface area contributed by atoms with Crippen molar-refractivity contribution in [1.82, 2.24) is 9.97 Å². The van der Waals surface area contributed by atoms with Crippen molar-refractivity contribution >= 4 is 20.4 Å². The van der Waals surface area contributed by atoms with E-state index >= 15 is 0 Å². The van der Waals surface area contributed by atoms with Crippen molar-refractivity contribution in [3.05, 3.63) is 6.33 Å². The monoisotopic (exact) mass is 232 g/mol. The van der Waals surface area contributed by atoms with E-state index in [4.69, 9.17) is 0 Å². The summed E-state index contributed by atoms with van der Waals surface area (Å²) < 4.78 is 65.2. The Bertz CT molecular complexity index is 469. The molecule has 0 bridgehead atoms. The van der Waals surface area contributed by atoms with Gasteiger partial charge < -0.3 is 4.98 Å². The van der Waals surface area contributed by atoms with Gasteiger partial charge in [0.2, 0.25) is 10.1 Å². The summed E-state index contributed by atoms with van der Waals surface area (Å²) in [4.78, 5) is 4.48. The van der Waals surface area contributed by atoms with Gasteiger partial charge in [-0.1, -0.05) is 7.77 Å². The van der Waals surface area contributed by atoms with Gasteiger partial charge in [-0.3, -0.25) is 0 Å². The van der Waals surface area contributed by atoms with Crippen LogP contribution in [0.25, 0.3) is 0 Å². The molecule has 0 aromatic carbocycles. The minimum absolute atomic E-state index is 0.554. The summed E-state index contributed by atoms with van der Waals surface area (Å²) >= 11 is 0. The molecule has 1 rings (SSSR count). The molecule has 0 aliphatic rings. The van der Waals surface area contributed by atoms with Crippen molar-refractivity contribution in [3.8, 4) is 0 Å². The molecule has 0 saturated carbocycles. The molecule has 0 radical (unpaired) electrons. The number of H-pyrrole nitrogens is 1. The number of nitrogens with one attached hydrogen (secondary N) is 1. The van der Waals surface area contributed by atoms with Gasteiger partial charge in [0.05, 0.1) is 6.33 Å². The van der Waals surface area contributed by atoms with Crippen LogP contribution in [-0.2, 0) is 20.4 Å². The second-order valence-electron chi connectivity index (χ2n) is 1.91.